The van der Waals surface area contributed by atoms with Crippen molar-refractivity contribution in [3.05, 3.63) is 94.5 Å². The molecule has 3 aromatic rings. The maximum absolute atomic E-state index is 14.5. The first-order chi connectivity index (χ1) is 21.1. The van der Waals surface area contributed by atoms with Crippen molar-refractivity contribution in [1.29, 1.82) is 0 Å². The molecule has 2 saturated heterocycles. The Morgan fingerprint density at radius 3 is 2.34 bits per heavy atom. The van der Waals surface area contributed by atoms with Crippen LogP contribution in [0.5, 0.6) is 11.5 Å². The molecule has 2 aliphatic heterocycles. The van der Waals surface area contributed by atoms with E-state index in [0.29, 0.717) is 27.7 Å². The second-order valence-corrected chi connectivity index (χ2v) is 12.7. The van der Waals surface area contributed by atoms with Crippen LogP contribution in [0.15, 0.2) is 78.4 Å². The molecule has 3 aromatic carbocycles. The summed E-state index contributed by atoms with van der Waals surface area (Å²) in [6.45, 7) is 3.63. The second kappa shape index (κ2) is 10.1. The number of amides is 4. The zero-order valence-corrected chi connectivity index (χ0v) is 25.2. The van der Waals surface area contributed by atoms with Crippen LogP contribution in [0.4, 0.5) is 11.4 Å². The number of hydrogen-bond donors (Lipinski definition) is 1. The Morgan fingerprint density at radius 2 is 1.64 bits per heavy atom. The average molecular weight is 611 g/mol. The molecule has 1 saturated carbocycles. The summed E-state index contributed by atoms with van der Waals surface area (Å²) < 4.78 is 5.71. The summed E-state index contributed by atoms with van der Waals surface area (Å²) in [6, 6.07) is 18.8. The lowest BCUT2D eigenvalue weighted by Gasteiger charge is -2.49. The van der Waals surface area contributed by atoms with E-state index >= 15 is 0 Å². The number of aryl methyl sites for hydroxylation is 1. The molecule has 0 spiro atoms. The Bertz CT molecular complexity index is 1790. The van der Waals surface area contributed by atoms with Crippen molar-refractivity contribution in [3.63, 3.8) is 0 Å². The molecule has 0 unspecified atom stereocenters. The number of carbonyl (C=O) groups excluding carboxylic acids is 4. The van der Waals surface area contributed by atoms with Crippen molar-refractivity contribution in [2.45, 2.75) is 32.6 Å². The van der Waals surface area contributed by atoms with E-state index in [1.165, 1.54) is 23.0 Å². The van der Waals surface area contributed by atoms with Crippen LogP contribution in [0, 0.1) is 36.0 Å². The monoisotopic (exact) mass is 610 g/mol. The molecular weight excluding hydrogens is 580 g/mol. The lowest BCUT2D eigenvalue weighted by atomic mass is 9.51. The van der Waals surface area contributed by atoms with Crippen LogP contribution in [0.1, 0.15) is 36.8 Å². The first-order valence-corrected chi connectivity index (χ1v) is 15.1. The van der Waals surface area contributed by atoms with Gasteiger partial charge in [-0.2, -0.15) is 0 Å². The third kappa shape index (κ3) is 3.76. The molecule has 4 aliphatic rings. The SMILES string of the molecule is COc1cccc(O)c1[C@H]1C2=CC[C@@H]3C(=O)N(c4ccc(C)c(Cl)c4)C(=O)[C@@H]3[C@@H]2C[C@H]2C(=O)N(c3ccccc3)C(=O)[C@@]12C. The highest BCUT2D eigenvalue weighted by molar-refractivity contribution is 6.32. The Hall–Kier alpha value is -4.43. The van der Waals surface area contributed by atoms with Gasteiger partial charge in [-0.1, -0.05) is 53.6 Å². The molecule has 0 bridgehead atoms. The van der Waals surface area contributed by atoms with Crippen LogP contribution in [0.2, 0.25) is 5.02 Å². The number of imide groups is 2. The molecule has 6 atom stereocenters. The number of hydrogen-bond acceptors (Lipinski definition) is 6. The minimum absolute atomic E-state index is 0.0684. The molecule has 3 fully saturated rings. The number of phenols is 1. The predicted molar refractivity (Wildman–Crippen MR) is 164 cm³/mol. The zero-order chi connectivity index (χ0) is 31.1. The van der Waals surface area contributed by atoms with Crippen molar-refractivity contribution in [1.82, 2.24) is 0 Å². The van der Waals surface area contributed by atoms with Gasteiger partial charge in [-0.05, 0) is 74.6 Å². The van der Waals surface area contributed by atoms with E-state index in [4.69, 9.17) is 16.3 Å². The smallest absolute Gasteiger partial charge is 0.241 e. The van der Waals surface area contributed by atoms with Gasteiger partial charge in [0.1, 0.15) is 11.5 Å². The van der Waals surface area contributed by atoms with Gasteiger partial charge in [-0.25, -0.2) is 9.80 Å². The fourth-order valence-electron chi connectivity index (χ4n) is 8.12. The topological polar surface area (TPSA) is 104 Å². The van der Waals surface area contributed by atoms with Gasteiger partial charge in [0.15, 0.2) is 0 Å². The summed E-state index contributed by atoms with van der Waals surface area (Å²) in [5, 5.41) is 11.7. The number of benzene rings is 3. The maximum Gasteiger partial charge on any atom is 0.241 e. The number of anilines is 2. The Morgan fingerprint density at radius 1 is 0.886 bits per heavy atom. The molecule has 1 N–H and O–H groups in total. The van der Waals surface area contributed by atoms with Crippen LogP contribution in [0.3, 0.4) is 0 Å². The number of nitrogens with zero attached hydrogens (tertiary/aromatic N) is 2. The van der Waals surface area contributed by atoms with E-state index in [-0.39, 0.29) is 42.2 Å². The van der Waals surface area contributed by atoms with E-state index in [2.05, 4.69) is 0 Å². The lowest BCUT2D eigenvalue weighted by molar-refractivity contribution is -0.131. The van der Waals surface area contributed by atoms with Crippen LogP contribution in [-0.4, -0.2) is 35.8 Å². The highest BCUT2D eigenvalue weighted by Gasteiger charge is 2.68. The van der Waals surface area contributed by atoms with Gasteiger partial charge < -0.3 is 9.84 Å². The summed E-state index contributed by atoms with van der Waals surface area (Å²) in [4.78, 5) is 59.3. The molecule has 0 radical (unpaired) electrons. The number of halogens is 1. The molecule has 44 heavy (non-hydrogen) atoms. The molecule has 8 nitrogen and oxygen atoms in total. The van der Waals surface area contributed by atoms with Gasteiger partial charge in [-0.15, -0.1) is 0 Å². The van der Waals surface area contributed by atoms with E-state index < -0.39 is 35.0 Å². The molecule has 7 rings (SSSR count). The maximum atomic E-state index is 14.5. The van der Waals surface area contributed by atoms with Gasteiger partial charge in [0.2, 0.25) is 23.6 Å². The van der Waals surface area contributed by atoms with E-state index in [0.717, 1.165) is 11.1 Å². The zero-order valence-electron chi connectivity index (χ0n) is 24.5. The molecule has 0 aromatic heterocycles. The normalized spacial score (nSPS) is 29.4. The van der Waals surface area contributed by atoms with Gasteiger partial charge in [0.05, 0.1) is 41.7 Å². The number of aromatic hydroxyl groups is 1. The predicted octanol–water partition coefficient (Wildman–Crippen LogP) is 5.80. The number of ether oxygens (including phenoxy) is 1. The van der Waals surface area contributed by atoms with E-state index in [9.17, 15) is 24.3 Å². The van der Waals surface area contributed by atoms with E-state index in [1.54, 1.807) is 61.5 Å². The highest BCUT2D eigenvalue weighted by atomic mass is 35.5. The van der Waals surface area contributed by atoms with Crippen LogP contribution in [0.25, 0.3) is 0 Å². The Balaban J connectivity index is 1.39. The number of carbonyl (C=O) groups is 4. The quantitative estimate of drug-likeness (QED) is 0.296. The molecule has 9 heteroatoms. The minimum Gasteiger partial charge on any atom is -0.508 e. The number of fused-ring (bicyclic) bond motifs is 4. The number of rotatable bonds is 4. The van der Waals surface area contributed by atoms with E-state index in [1.807, 2.05) is 19.1 Å². The first-order valence-electron chi connectivity index (χ1n) is 14.7. The molecular formula is C35H31ClN2O6. The fraction of sp³-hybridized carbons (Fsp3) is 0.314. The second-order valence-electron chi connectivity index (χ2n) is 12.3. The van der Waals surface area contributed by atoms with Gasteiger partial charge >= 0.3 is 0 Å². The standard InChI is InChI=1S/C35H31ClN2O6/c1-18-12-13-20(16-25(18)36)37-31(40)22-15-14-21-23(28(22)33(37)42)17-24-32(41)38(19-8-5-4-6-9-19)34(43)35(24,2)30(21)29-26(39)10-7-11-27(29)44-3/h4-14,16,22-24,28,30,39H,15,17H2,1-3H3/t22-,23+,24-,28-,30+,35+/m0/s1. The summed E-state index contributed by atoms with van der Waals surface area (Å²) in [5.74, 6) is -4.54. The minimum atomic E-state index is -1.29. The average Bonchev–Trinajstić information content (AvgIpc) is 3.38. The van der Waals surface area contributed by atoms with Crippen molar-refractivity contribution < 1.29 is 29.0 Å². The largest absolute Gasteiger partial charge is 0.508 e. The number of methoxy groups -OCH3 is 1. The molecule has 224 valence electrons. The summed E-state index contributed by atoms with van der Waals surface area (Å²) >= 11 is 6.38. The van der Waals surface area contributed by atoms with Crippen LogP contribution in [-0.2, 0) is 19.2 Å². The van der Waals surface area contributed by atoms with Crippen LogP contribution < -0.4 is 14.5 Å². The summed E-state index contributed by atoms with van der Waals surface area (Å²) in [6.07, 6.45) is 2.45. The van der Waals surface area contributed by atoms with Gasteiger partial charge in [-0.3, -0.25) is 19.2 Å². The highest BCUT2D eigenvalue weighted by Crippen LogP contribution is 2.65. The molecule has 2 aliphatic carbocycles. The Kier molecular flexibility index (Phi) is 6.48. The number of para-hydroxylation sites is 1. The van der Waals surface area contributed by atoms with Crippen molar-refractivity contribution in [2.75, 3.05) is 16.9 Å². The lowest BCUT2D eigenvalue weighted by Crippen LogP contribution is -2.49. The summed E-state index contributed by atoms with van der Waals surface area (Å²) in [7, 11) is 1.49. The first kappa shape index (κ1) is 28.3. The van der Waals surface area contributed by atoms with Gasteiger partial charge in [0.25, 0.3) is 0 Å². The van der Waals surface area contributed by atoms with Crippen molar-refractivity contribution in [3.8, 4) is 11.5 Å². The Labute approximate surface area is 259 Å². The summed E-state index contributed by atoms with van der Waals surface area (Å²) in [5.41, 5.74) is 1.58. The van der Waals surface area contributed by atoms with Gasteiger partial charge in [0, 0.05) is 16.5 Å². The van der Waals surface area contributed by atoms with Crippen molar-refractivity contribution in [2.24, 2.45) is 29.1 Å². The van der Waals surface area contributed by atoms with Crippen LogP contribution >= 0.6 is 11.6 Å². The third-order valence-corrected chi connectivity index (χ3v) is 10.7. The third-order valence-electron chi connectivity index (χ3n) is 10.3. The molecule has 2 heterocycles. The molecule has 4 amide bonds. The number of allylic oxidation sites excluding steroid dienone is 2. The number of phenolic OH excluding ortho intramolecular Hbond substituents is 1. The fourth-order valence-corrected chi connectivity index (χ4v) is 8.30. The van der Waals surface area contributed by atoms with Crippen molar-refractivity contribution >= 4 is 46.6 Å².